The predicted octanol–water partition coefficient (Wildman–Crippen LogP) is 5.09. The van der Waals surface area contributed by atoms with Crippen LogP contribution >= 0.6 is 0 Å². The molecule has 4 heterocycles. The van der Waals surface area contributed by atoms with Gasteiger partial charge < -0.3 is 44.6 Å². The van der Waals surface area contributed by atoms with E-state index in [0.717, 1.165) is 59.1 Å². The Kier molecular flexibility index (Phi) is 11.3. The van der Waals surface area contributed by atoms with E-state index in [1.807, 2.05) is 50.2 Å². The first-order valence-electron chi connectivity index (χ1n) is 18.0. The Balaban J connectivity index is 1.16. The van der Waals surface area contributed by atoms with Crippen molar-refractivity contribution in [2.45, 2.75) is 76.7 Å². The molecule has 2 aliphatic heterocycles. The van der Waals surface area contributed by atoms with Crippen molar-refractivity contribution in [3.8, 4) is 22.4 Å². The molecular weight excluding hydrogens is 680 g/mol. The number of aromatic amines is 2. The van der Waals surface area contributed by atoms with Gasteiger partial charge in [0.2, 0.25) is 11.8 Å². The number of carbonyl (C=O) groups is 4. The molecule has 0 saturated carbocycles. The van der Waals surface area contributed by atoms with Crippen LogP contribution in [0.25, 0.3) is 33.4 Å². The molecule has 0 unspecified atom stereocenters. The number of hydrogen-bond acceptors (Lipinski definition) is 9. The van der Waals surface area contributed by atoms with Gasteiger partial charge in [-0.05, 0) is 67.3 Å². The first-order valence-corrected chi connectivity index (χ1v) is 18.0. The molecule has 282 valence electrons. The highest BCUT2D eigenvalue weighted by Crippen LogP contribution is 2.35. The van der Waals surface area contributed by atoms with Gasteiger partial charge in [-0.3, -0.25) is 9.59 Å². The summed E-state index contributed by atoms with van der Waals surface area (Å²) in [4.78, 5) is 71.1. The Hall–Kier alpha value is -5.44. The standard InChI is InChI=1S/C38H48N8O7/c1-21(2)31(43-37(49)52-5)35(47)45-17-7-9-29(45)33-39-20-28(42-33)24-13-11-23(12-14-24)25-15-16-26-27(19-25)41-34(40-26)30-10-8-18-46(30)36(48)32(22(3)51-4)44-38(50)53-6/h11-16,19-22,29-32H,7-10,17-18H2,1-6H3,(H,39,42)(H,40,41)(H,43,49)(H,44,50)/t22-,29+,30+,31+,32+/m1/s1. The van der Waals surface area contributed by atoms with Crippen LogP contribution in [0.1, 0.15) is 70.2 Å². The van der Waals surface area contributed by atoms with Crippen molar-refractivity contribution < 1.29 is 33.4 Å². The van der Waals surface area contributed by atoms with Gasteiger partial charge in [0.1, 0.15) is 23.7 Å². The first kappa shape index (κ1) is 37.3. The summed E-state index contributed by atoms with van der Waals surface area (Å²) in [6, 6.07) is 12.1. The summed E-state index contributed by atoms with van der Waals surface area (Å²) in [6.45, 7) is 6.64. The van der Waals surface area contributed by atoms with Crippen molar-refractivity contribution in [1.82, 2.24) is 40.4 Å². The molecule has 2 saturated heterocycles. The Morgan fingerprint density at radius 2 is 1.32 bits per heavy atom. The number of nitrogens with one attached hydrogen (secondary N) is 4. The minimum absolute atomic E-state index is 0.112. The summed E-state index contributed by atoms with van der Waals surface area (Å²) in [7, 11) is 4.04. The molecule has 2 fully saturated rings. The molecule has 5 atom stereocenters. The van der Waals surface area contributed by atoms with E-state index in [-0.39, 0.29) is 29.8 Å². The Bertz CT molecular complexity index is 1940. The van der Waals surface area contributed by atoms with Gasteiger partial charge in [0.25, 0.3) is 0 Å². The first-order chi connectivity index (χ1) is 25.5. The normalized spacial score (nSPS) is 18.9. The van der Waals surface area contributed by atoms with E-state index in [1.54, 1.807) is 22.9 Å². The van der Waals surface area contributed by atoms with E-state index >= 15 is 0 Å². The van der Waals surface area contributed by atoms with Gasteiger partial charge in [-0.15, -0.1) is 0 Å². The zero-order valence-corrected chi connectivity index (χ0v) is 31.0. The van der Waals surface area contributed by atoms with E-state index in [9.17, 15) is 19.2 Å². The molecule has 0 spiro atoms. The summed E-state index contributed by atoms with van der Waals surface area (Å²) in [5, 5.41) is 5.31. The number of ether oxygens (including phenoxy) is 3. The van der Waals surface area contributed by atoms with Crippen molar-refractivity contribution in [3.63, 3.8) is 0 Å². The molecule has 4 aromatic rings. The minimum Gasteiger partial charge on any atom is -0.453 e. The van der Waals surface area contributed by atoms with Crippen molar-refractivity contribution in [2.24, 2.45) is 5.92 Å². The van der Waals surface area contributed by atoms with Crippen LogP contribution in [0.3, 0.4) is 0 Å². The number of aromatic nitrogens is 4. The molecule has 0 bridgehead atoms. The Morgan fingerprint density at radius 1 is 0.755 bits per heavy atom. The molecule has 0 radical (unpaired) electrons. The summed E-state index contributed by atoms with van der Waals surface area (Å²) in [5.74, 6) is 0.891. The molecule has 0 aliphatic carbocycles. The van der Waals surface area contributed by atoms with E-state index in [2.05, 4.69) is 31.7 Å². The second kappa shape index (κ2) is 16.1. The van der Waals surface area contributed by atoms with Crippen molar-refractivity contribution in [2.75, 3.05) is 34.4 Å². The van der Waals surface area contributed by atoms with E-state index in [1.165, 1.54) is 21.3 Å². The molecule has 2 aromatic carbocycles. The van der Waals surface area contributed by atoms with Crippen LogP contribution in [-0.4, -0.2) is 106 Å². The smallest absolute Gasteiger partial charge is 0.407 e. The summed E-state index contributed by atoms with van der Waals surface area (Å²) in [6.07, 6.45) is 3.06. The Morgan fingerprint density at radius 3 is 1.92 bits per heavy atom. The van der Waals surface area contributed by atoms with Gasteiger partial charge in [0.15, 0.2) is 0 Å². The number of nitrogens with zero attached hydrogens (tertiary/aromatic N) is 4. The van der Waals surface area contributed by atoms with Gasteiger partial charge in [-0.2, -0.15) is 0 Å². The van der Waals surface area contributed by atoms with Gasteiger partial charge in [0, 0.05) is 20.2 Å². The second-order valence-electron chi connectivity index (χ2n) is 13.9. The molecule has 2 aliphatic rings. The number of likely N-dealkylation sites (tertiary alicyclic amines) is 2. The van der Waals surface area contributed by atoms with Crippen molar-refractivity contribution in [3.05, 3.63) is 60.3 Å². The number of fused-ring (bicyclic) bond motifs is 1. The van der Waals surface area contributed by atoms with Gasteiger partial charge in [-0.25, -0.2) is 19.6 Å². The lowest BCUT2D eigenvalue weighted by molar-refractivity contribution is -0.137. The number of H-pyrrole nitrogens is 2. The van der Waals surface area contributed by atoms with Gasteiger partial charge in [-0.1, -0.05) is 44.2 Å². The lowest BCUT2D eigenvalue weighted by Gasteiger charge is -2.30. The average Bonchev–Trinajstić information content (AvgIpc) is 4.00. The van der Waals surface area contributed by atoms with Crippen LogP contribution in [0.5, 0.6) is 0 Å². The fraction of sp³-hybridized carbons (Fsp3) is 0.474. The molecule has 4 amide bonds. The SMILES string of the molecule is COC(=O)N[C@H](C(=O)N1CCC[C@H]1c1ncc(-c2ccc(-c3ccc4nc([C@@H]5CCCN5C(=O)[C@@H](NC(=O)OC)[C@@H](C)OC)[nH]c4c3)cc2)[nH]1)C(C)C. The number of amides is 4. The van der Waals surface area contributed by atoms with E-state index < -0.39 is 30.4 Å². The fourth-order valence-corrected chi connectivity index (χ4v) is 7.25. The average molecular weight is 729 g/mol. The monoisotopic (exact) mass is 728 g/mol. The Labute approximate surface area is 308 Å². The van der Waals surface area contributed by atoms with Crippen LogP contribution in [0, 0.1) is 5.92 Å². The number of hydrogen-bond donors (Lipinski definition) is 4. The topological polar surface area (TPSA) is 184 Å². The number of methoxy groups -OCH3 is 3. The number of imidazole rings is 2. The molecule has 15 nitrogen and oxygen atoms in total. The summed E-state index contributed by atoms with van der Waals surface area (Å²) < 4.78 is 14.9. The lowest BCUT2D eigenvalue weighted by atomic mass is 10.0. The maximum atomic E-state index is 13.7. The third-order valence-corrected chi connectivity index (χ3v) is 10.3. The largest absolute Gasteiger partial charge is 0.453 e. The molecule has 2 aromatic heterocycles. The van der Waals surface area contributed by atoms with E-state index in [4.69, 9.17) is 19.2 Å². The van der Waals surface area contributed by atoms with Crippen molar-refractivity contribution >= 4 is 35.0 Å². The third kappa shape index (κ3) is 7.84. The lowest BCUT2D eigenvalue weighted by Crippen LogP contribution is -2.54. The van der Waals surface area contributed by atoms with Crippen LogP contribution in [0.2, 0.25) is 0 Å². The highest BCUT2D eigenvalue weighted by molar-refractivity contribution is 5.88. The zero-order chi connectivity index (χ0) is 37.8. The van der Waals surface area contributed by atoms with Crippen LogP contribution in [0.15, 0.2) is 48.7 Å². The highest BCUT2D eigenvalue weighted by Gasteiger charge is 2.39. The van der Waals surface area contributed by atoms with E-state index in [0.29, 0.717) is 24.7 Å². The highest BCUT2D eigenvalue weighted by atomic mass is 16.5. The molecule has 4 N–H and O–H groups in total. The zero-order valence-electron chi connectivity index (χ0n) is 31.0. The number of rotatable bonds is 11. The molecule has 6 rings (SSSR count). The maximum Gasteiger partial charge on any atom is 0.407 e. The predicted molar refractivity (Wildman–Crippen MR) is 196 cm³/mol. The quantitative estimate of drug-likeness (QED) is 0.163. The minimum atomic E-state index is -0.902. The molecule has 53 heavy (non-hydrogen) atoms. The molecular formula is C38H48N8O7. The number of benzene rings is 2. The van der Waals surface area contributed by atoms with Crippen LogP contribution in [-0.2, 0) is 23.8 Å². The summed E-state index contributed by atoms with van der Waals surface area (Å²) >= 11 is 0. The van der Waals surface area contributed by atoms with Crippen LogP contribution < -0.4 is 10.6 Å². The molecule has 15 heteroatoms. The van der Waals surface area contributed by atoms with Gasteiger partial charge >= 0.3 is 12.2 Å². The van der Waals surface area contributed by atoms with Crippen molar-refractivity contribution in [1.29, 1.82) is 0 Å². The number of carbonyl (C=O) groups excluding carboxylic acids is 4. The number of alkyl carbamates (subject to hydrolysis) is 2. The second-order valence-corrected chi connectivity index (χ2v) is 13.9. The third-order valence-electron chi connectivity index (χ3n) is 10.3. The fourth-order valence-electron chi connectivity index (χ4n) is 7.25. The maximum absolute atomic E-state index is 13.7. The van der Waals surface area contributed by atoms with Crippen LogP contribution in [0.4, 0.5) is 9.59 Å². The summed E-state index contributed by atoms with van der Waals surface area (Å²) in [5.41, 5.74) is 5.45. The van der Waals surface area contributed by atoms with Gasteiger partial charge in [0.05, 0.1) is 55.3 Å².